The highest BCUT2D eigenvalue weighted by molar-refractivity contribution is 5.96. The first-order chi connectivity index (χ1) is 16.0. The maximum absolute atomic E-state index is 13.1. The van der Waals surface area contributed by atoms with Crippen molar-refractivity contribution in [2.75, 3.05) is 6.54 Å². The van der Waals surface area contributed by atoms with E-state index in [0.29, 0.717) is 17.9 Å². The molecule has 0 radical (unpaired) electrons. The Bertz CT molecular complexity index is 977. The van der Waals surface area contributed by atoms with Gasteiger partial charge < -0.3 is 20.4 Å². The van der Waals surface area contributed by atoms with E-state index >= 15 is 0 Å². The summed E-state index contributed by atoms with van der Waals surface area (Å²) in [6.07, 6.45) is 8.67. The number of amides is 3. The van der Waals surface area contributed by atoms with Crippen molar-refractivity contribution in [2.24, 2.45) is 23.2 Å². The van der Waals surface area contributed by atoms with E-state index in [1.807, 2.05) is 12.1 Å². The van der Waals surface area contributed by atoms with E-state index in [1.165, 1.54) is 19.3 Å². The number of hydrogen-bond acceptors (Lipinski definition) is 4. The van der Waals surface area contributed by atoms with Gasteiger partial charge in [0.25, 0.3) is 5.91 Å². The van der Waals surface area contributed by atoms with E-state index in [4.69, 9.17) is 4.42 Å². The lowest BCUT2D eigenvalue weighted by molar-refractivity contribution is -0.146. The van der Waals surface area contributed by atoms with Gasteiger partial charge in [-0.15, -0.1) is 0 Å². The summed E-state index contributed by atoms with van der Waals surface area (Å²) in [6.45, 7) is 0.644. The highest BCUT2D eigenvalue weighted by atomic mass is 16.3. The monoisotopic (exact) mass is 449 g/mol. The van der Waals surface area contributed by atoms with Crippen molar-refractivity contribution in [1.82, 2.24) is 16.0 Å². The zero-order chi connectivity index (χ0) is 22.8. The summed E-state index contributed by atoms with van der Waals surface area (Å²) >= 11 is 0. The van der Waals surface area contributed by atoms with Crippen LogP contribution in [-0.2, 0) is 22.7 Å². The van der Waals surface area contributed by atoms with Crippen LogP contribution in [0.5, 0.6) is 0 Å². The Hall–Kier alpha value is -3.09. The standard InChI is InChI=1S/C26H31N3O4/c30-23(27-15-22-2-1-7-33-22)16-28-24(31)21-5-3-17(4-6-21)14-29-25(32)26-11-18-8-19(12-26)10-20(9-18)13-26/h1-7,18-20H,8-16H2,(H,27,30)(H,28,31)(H,29,32). The maximum atomic E-state index is 13.1. The Morgan fingerprint density at radius 3 is 2.12 bits per heavy atom. The average Bonchev–Trinajstić information content (AvgIpc) is 3.33. The Morgan fingerprint density at radius 1 is 0.848 bits per heavy atom. The first-order valence-electron chi connectivity index (χ1n) is 11.9. The minimum absolute atomic E-state index is 0.109. The zero-order valence-electron chi connectivity index (χ0n) is 18.8. The third-order valence-electron chi connectivity index (χ3n) is 7.64. The molecule has 7 heteroatoms. The number of hydrogen-bond donors (Lipinski definition) is 3. The van der Waals surface area contributed by atoms with Crippen LogP contribution in [0, 0.1) is 23.2 Å². The summed E-state index contributed by atoms with van der Waals surface area (Å²) in [5.74, 6) is 2.49. The van der Waals surface area contributed by atoms with Crippen molar-refractivity contribution in [3.63, 3.8) is 0 Å². The molecule has 3 amide bonds. The summed E-state index contributed by atoms with van der Waals surface area (Å²) in [5, 5.41) is 8.48. The Balaban J connectivity index is 1.08. The molecule has 1 aromatic carbocycles. The van der Waals surface area contributed by atoms with Crippen LogP contribution < -0.4 is 16.0 Å². The minimum Gasteiger partial charge on any atom is -0.467 e. The third-order valence-corrected chi connectivity index (χ3v) is 7.64. The summed E-state index contributed by atoms with van der Waals surface area (Å²) in [6, 6.07) is 10.7. The van der Waals surface area contributed by atoms with Crippen molar-refractivity contribution in [2.45, 2.75) is 51.6 Å². The molecule has 0 aliphatic heterocycles. The molecule has 4 aliphatic rings. The molecule has 0 spiro atoms. The molecule has 174 valence electrons. The second kappa shape index (κ2) is 9.04. The fourth-order valence-electron chi connectivity index (χ4n) is 6.46. The average molecular weight is 450 g/mol. The van der Waals surface area contributed by atoms with Gasteiger partial charge >= 0.3 is 0 Å². The quantitative estimate of drug-likeness (QED) is 0.576. The second-order valence-corrected chi connectivity index (χ2v) is 10.1. The number of benzene rings is 1. The van der Waals surface area contributed by atoms with E-state index in [9.17, 15) is 14.4 Å². The first-order valence-corrected chi connectivity index (χ1v) is 11.9. The summed E-state index contributed by atoms with van der Waals surface area (Å²) in [4.78, 5) is 37.3. The molecule has 4 fully saturated rings. The van der Waals surface area contributed by atoms with Crippen LogP contribution in [0.4, 0.5) is 0 Å². The van der Waals surface area contributed by atoms with Gasteiger partial charge in [-0.3, -0.25) is 14.4 Å². The number of carbonyl (C=O) groups is 3. The van der Waals surface area contributed by atoms with Crippen LogP contribution in [0.3, 0.4) is 0 Å². The smallest absolute Gasteiger partial charge is 0.251 e. The molecule has 0 saturated heterocycles. The van der Waals surface area contributed by atoms with Crippen LogP contribution in [-0.4, -0.2) is 24.3 Å². The van der Waals surface area contributed by atoms with Crippen LogP contribution in [0.2, 0.25) is 0 Å². The molecule has 33 heavy (non-hydrogen) atoms. The van der Waals surface area contributed by atoms with E-state index < -0.39 is 0 Å². The molecular weight excluding hydrogens is 418 g/mol. The lowest BCUT2D eigenvalue weighted by Crippen LogP contribution is -2.53. The molecule has 1 aromatic heterocycles. The van der Waals surface area contributed by atoms with Gasteiger partial charge in [0, 0.05) is 17.5 Å². The third kappa shape index (κ3) is 4.82. The largest absolute Gasteiger partial charge is 0.467 e. The normalized spacial score (nSPS) is 27.2. The molecule has 4 saturated carbocycles. The van der Waals surface area contributed by atoms with Gasteiger partial charge in [-0.25, -0.2) is 0 Å². The van der Waals surface area contributed by atoms with Gasteiger partial charge in [0.1, 0.15) is 5.76 Å². The van der Waals surface area contributed by atoms with Crippen LogP contribution >= 0.6 is 0 Å². The molecule has 2 aromatic rings. The lowest BCUT2D eigenvalue weighted by Gasteiger charge is -2.55. The van der Waals surface area contributed by atoms with E-state index in [0.717, 1.165) is 42.6 Å². The Labute approximate surface area is 193 Å². The van der Waals surface area contributed by atoms with Crippen molar-refractivity contribution in [3.8, 4) is 0 Å². The fraction of sp³-hybridized carbons (Fsp3) is 0.500. The molecule has 0 unspecified atom stereocenters. The van der Waals surface area contributed by atoms with Gasteiger partial charge in [0.2, 0.25) is 11.8 Å². The molecule has 3 N–H and O–H groups in total. The highest BCUT2D eigenvalue weighted by Crippen LogP contribution is 2.60. The topological polar surface area (TPSA) is 100 Å². The number of rotatable bonds is 8. The molecule has 4 bridgehead atoms. The van der Waals surface area contributed by atoms with Gasteiger partial charge in [-0.1, -0.05) is 12.1 Å². The Kier molecular flexibility index (Phi) is 5.96. The molecule has 0 atom stereocenters. The van der Waals surface area contributed by atoms with E-state index in [2.05, 4.69) is 16.0 Å². The van der Waals surface area contributed by atoms with Gasteiger partial charge in [0.15, 0.2) is 0 Å². The molecule has 6 rings (SSSR count). The van der Waals surface area contributed by atoms with Crippen molar-refractivity contribution in [3.05, 3.63) is 59.5 Å². The summed E-state index contributed by atoms with van der Waals surface area (Å²) in [5.41, 5.74) is 1.29. The van der Waals surface area contributed by atoms with Crippen LogP contribution in [0.25, 0.3) is 0 Å². The Morgan fingerprint density at radius 2 is 1.52 bits per heavy atom. The minimum atomic E-state index is -0.313. The van der Waals surface area contributed by atoms with Crippen LogP contribution in [0.1, 0.15) is 60.2 Å². The predicted molar refractivity (Wildman–Crippen MR) is 122 cm³/mol. The molecule has 4 aliphatic carbocycles. The number of nitrogens with one attached hydrogen (secondary N) is 3. The van der Waals surface area contributed by atoms with Crippen molar-refractivity contribution < 1.29 is 18.8 Å². The van der Waals surface area contributed by atoms with Crippen molar-refractivity contribution >= 4 is 17.7 Å². The first kappa shape index (κ1) is 21.7. The van der Waals surface area contributed by atoms with Crippen molar-refractivity contribution in [1.29, 1.82) is 0 Å². The van der Waals surface area contributed by atoms with E-state index in [-0.39, 0.29) is 36.2 Å². The lowest BCUT2D eigenvalue weighted by atomic mass is 9.49. The van der Waals surface area contributed by atoms with Crippen LogP contribution in [0.15, 0.2) is 47.1 Å². The summed E-state index contributed by atoms with van der Waals surface area (Å²) in [7, 11) is 0. The molecule has 7 nitrogen and oxygen atoms in total. The highest BCUT2D eigenvalue weighted by Gasteiger charge is 2.54. The number of carbonyl (C=O) groups excluding carboxylic acids is 3. The fourth-order valence-corrected chi connectivity index (χ4v) is 6.46. The summed E-state index contributed by atoms with van der Waals surface area (Å²) < 4.78 is 5.16. The molecule has 1 heterocycles. The van der Waals surface area contributed by atoms with Gasteiger partial charge in [-0.2, -0.15) is 0 Å². The van der Waals surface area contributed by atoms with Gasteiger partial charge in [0.05, 0.1) is 19.4 Å². The maximum Gasteiger partial charge on any atom is 0.251 e. The SMILES string of the molecule is O=C(CNC(=O)c1ccc(CNC(=O)C23CC4CC(CC(C4)C2)C3)cc1)NCc1ccco1. The van der Waals surface area contributed by atoms with E-state index in [1.54, 1.807) is 30.5 Å². The molecular formula is C26H31N3O4. The second-order valence-electron chi connectivity index (χ2n) is 10.1. The predicted octanol–water partition coefficient (Wildman–Crippen LogP) is 3.16. The number of furan rings is 1. The van der Waals surface area contributed by atoms with Gasteiger partial charge in [-0.05, 0) is 86.1 Å². The zero-order valence-corrected chi connectivity index (χ0v) is 18.8.